The van der Waals surface area contributed by atoms with Crippen molar-refractivity contribution >= 4 is 33.2 Å². The summed E-state index contributed by atoms with van der Waals surface area (Å²) in [7, 11) is 0. The average Bonchev–Trinajstić information content (AvgIpc) is 3.49. The van der Waals surface area contributed by atoms with Crippen LogP contribution in [-0.4, -0.2) is 32.1 Å². The summed E-state index contributed by atoms with van der Waals surface area (Å²) in [5, 5.41) is 15.8. The van der Waals surface area contributed by atoms with E-state index in [2.05, 4.69) is 53.7 Å². The maximum atomic E-state index is 10.7. The molecule has 1 atom stereocenters. The maximum Gasteiger partial charge on any atom is 0.129 e. The van der Waals surface area contributed by atoms with Gasteiger partial charge in [0, 0.05) is 34.0 Å². The zero-order valence-electron chi connectivity index (χ0n) is 19.9. The molecular formula is C27H30N4O2. The summed E-state index contributed by atoms with van der Waals surface area (Å²) in [6, 6.07) is 8.46. The van der Waals surface area contributed by atoms with Gasteiger partial charge >= 0.3 is 0 Å². The van der Waals surface area contributed by atoms with Crippen LogP contribution in [0.1, 0.15) is 70.2 Å². The van der Waals surface area contributed by atoms with Crippen molar-refractivity contribution < 1.29 is 9.63 Å². The molecule has 33 heavy (non-hydrogen) atoms. The van der Waals surface area contributed by atoms with Crippen LogP contribution in [0.15, 0.2) is 58.0 Å². The maximum absolute atomic E-state index is 10.7. The number of hydrogen-bond acceptors (Lipinski definition) is 5. The number of aliphatic hydroxyl groups is 1. The molecule has 4 heterocycles. The van der Waals surface area contributed by atoms with Crippen molar-refractivity contribution in [2.45, 2.75) is 59.1 Å². The fourth-order valence-corrected chi connectivity index (χ4v) is 5.01. The second kappa shape index (κ2) is 7.96. The van der Waals surface area contributed by atoms with Crippen LogP contribution in [-0.2, 0) is 5.60 Å². The van der Waals surface area contributed by atoms with Gasteiger partial charge in [0.15, 0.2) is 0 Å². The smallest absolute Gasteiger partial charge is 0.129 e. The molecule has 0 bridgehead atoms. The summed E-state index contributed by atoms with van der Waals surface area (Å²) in [6.45, 7) is 10.8. The fraction of sp³-hybridized carbons (Fsp3) is 0.370. The van der Waals surface area contributed by atoms with E-state index in [1.165, 1.54) is 11.1 Å². The predicted octanol–water partition coefficient (Wildman–Crippen LogP) is 6.04. The van der Waals surface area contributed by atoms with Gasteiger partial charge < -0.3 is 14.2 Å². The average molecular weight is 443 g/mol. The van der Waals surface area contributed by atoms with E-state index in [1.807, 2.05) is 26.1 Å². The van der Waals surface area contributed by atoms with Crippen LogP contribution < -0.4 is 0 Å². The molecule has 5 rings (SSSR count). The summed E-state index contributed by atoms with van der Waals surface area (Å²) in [6.07, 6.45) is 7.43. The van der Waals surface area contributed by atoms with Crippen molar-refractivity contribution in [1.29, 1.82) is 0 Å². The summed E-state index contributed by atoms with van der Waals surface area (Å²) in [5.41, 5.74) is 8.65. The van der Waals surface area contributed by atoms with E-state index in [1.54, 1.807) is 12.5 Å². The standard InChI is InChI=1S/C27H30N4O2/c1-6-7-22(19-14-30-33-15-19)31-23-11-20(27(4,5)32)8-9-21(23)26-24(31)10-18(13-29-26)25-16(2)12-28-17(25)3/h8-11,13-15,22,32H,6-7,12H2,1-5H3. The second-order valence-corrected chi connectivity index (χ2v) is 9.57. The molecule has 0 radical (unpaired) electrons. The number of allylic oxidation sites excluding steroid dienone is 1. The highest BCUT2D eigenvalue weighted by Crippen LogP contribution is 2.38. The van der Waals surface area contributed by atoms with Crippen LogP contribution >= 0.6 is 0 Å². The Morgan fingerprint density at radius 3 is 2.61 bits per heavy atom. The van der Waals surface area contributed by atoms with Crippen LogP contribution in [0.3, 0.4) is 0 Å². The van der Waals surface area contributed by atoms with Crippen LogP contribution in [0.4, 0.5) is 0 Å². The van der Waals surface area contributed by atoms with Crippen molar-refractivity contribution in [2.24, 2.45) is 4.99 Å². The minimum atomic E-state index is -0.940. The molecule has 4 aromatic rings. The first-order valence-electron chi connectivity index (χ1n) is 11.6. The van der Waals surface area contributed by atoms with E-state index < -0.39 is 5.60 Å². The third kappa shape index (κ3) is 3.59. The van der Waals surface area contributed by atoms with Gasteiger partial charge in [0.2, 0.25) is 0 Å². The Morgan fingerprint density at radius 2 is 1.97 bits per heavy atom. The quantitative estimate of drug-likeness (QED) is 0.395. The van der Waals surface area contributed by atoms with Gasteiger partial charge in [-0.3, -0.25) is 9.98 Å². The first kappa shape index (κ1) is 21.6. The van der Waals surface area contributed by atoms with Gasteiger partial charge in [-0.25, -0.2) is 0 Å². The number of nitrogens with zero attached hydrogens (tertiary/aromatic N) is 4. The third-order valence-electron chi connectivity index (χ3n) is 6.69. The number of fused-ring (bicyclic) bond motifs is 3. The van der Waals surface area contributed by atoms with Gasteiger partial charge in [-0.2, -0.15) is 0 Å². The van der Waals surface area contributed by atoms with Crippen molar-refractivity contribution in [3.63, 3.8) is 0 Å². The molecule has 0 aliphatic carbocycles. The predicted molar refractivity (Wildman–Crippen MR) is 133 cm³/mol. The van der Waals surface area contributed by atoms with Crippen molar-refractivity contribution in [2.75, 3.05) is 6.54 Å². The van der Waals surface area contributed by atoms with E-state index in [4.69, 9.17) is 9.51 Å². The molecule has 1 unspecified atom stereocenters. The molecule has 0 saturated carbocycles. The molecule has 0 spiro atoms. The topological polar surface area (TPSA) is 76.4 Å². The molecule has 1 aromatic carbocycles. The first-order valence-corrected chi connectivity index (χ1v) is 11.6. The van der Waals surface area contributed by atoms with Crippen molar-refractivity contribution in [3.05, 3.63) is 65.2 Å². The first-order chi connectivity index (χ1) is 15.8. The summed E-state index contributed by atoms with van der Waals surface area (Å²) in [5.74, 6) is 0. The van der Waals surface area contributed by atoms with Crippen LogP contribution in [0, 0.1) is 0 Å². The number of hydrogen-bond donors (Lipinski definition) is 1. The lowest BCUT2D eigenvalue weighted by Crippen LogP contribution is -2.16. The highest BCUT2D eigenvalue weighted by atomic mass is 16.5. The Balaban J connectivity index is 1.85. The molecule has 0 saturated heterocycles. The van der Waals surface area contributed by atoms with E-state index in [9.17, 15) is 5.11 Å². The van der Waals surface area contributed by atoms with Crippen molar-refractivity contribution in [1.82, 2.24) is 14.7 Å². The number of aliphatic imine (C=N–C) groups is 1. The summed E-state index contributed by atoms with van der Waals surface area (Å²) in [4.78, 5) is 9.57. The Bertz CT molecular complexity index is 1400. The monoisotopic (exact) mass is 442 g/mol. The zero-order chi connectivity index (χ0) is 23.3. The molecule has 1 aliphatic rings. The molecule has 0 amide bonds. The number of pyridine rings is 1. The zero-order valence-corrected chi connectivity index (χ0v) is 19.9. The second-order valence-electron chi connectivity index (χ2n) is 9.57. The lowest BCUT2D eigenvalue weighted by atomic mass is 9.97. The Morgan fingerprint density at radius 1 is 1.15 bits per heavy atom. The van der Waals surface area contributed by atoms with Gasteiger partial charge in [-0.15, -0.1) is 0 Å². The summed E-state index contributed by atoms with van der Waals surface area (Å²) < 4.78 is 7.58. The normalized spacial score (nSPS) is 15.6. The molecule has 6 heteroatoms. The largest absolute Gasteiger partial charge is 0.386 e. The highest BCUT2D eigenvalue weighted by Gasteiger charge is 2.25. The van der Waals surface area contributed by atoms with E-state index in [0.29, 0.717) is 0 Å². The van der Waals surface area contributed by atoms with E-state index >= 15 is 0 Å². The molecule has 1 aliphatic heterocycles. The molecule has 0 fully saturated rings. The Hall–Kier alpha value is -3.25. The SMILES string of the molecule is CCCC(c1cnoc1)n1c2cc(C(C)(C)O)ccc2c2ncc(C3=C(C)CN=C3C)cc21. The molecule has 170 valence electrons. The van der Waals surface area contributed by atoms with Crippen LogP contribution in [0.5, 0.6) is 0 Å². The van der Waals surface area contributed by atoms with E-state index in [0.717, 1.165) is 63.7 Å². The third-order valence-corrected chi connectivity index (χ3v) is 6.69. The van der Waals surface area contributed by atoms with Gasteiger partial charge in [0.1, 0.15) is 6.26 Å². The minimum absolute atomic E-state index is 0.0452. The van der Waals surface area contributed by atoms with Crippen LogP contribution in [0.25, 0.3) is 27.5 Å². The summed E-state index contributed by atoms with van der Waals surface area (Å²) >= 11 is 0. The lowest BCUT2D eigenvalue weighted by molar-refractivity contribution is 0.0787. The lowest BCUT2D eigenvalue weighted by Gasteiger charge is -2.22. The molecule has 6 nitrogen and oxygen atoms in total. The van der Waals surface area contributed by atoms with Gasteiger partial charge in [-0.1, -0.05) is 30.6 Å². The fourth-order valence-electron chi connectivity index (χ4n) is 5.01. The van der Waals surface area contributed by atoms with Gasteiger partial charge in [-0.05, 0) is 57.4 Å². The minimum Gasteiger partial charge on any atom is -0.386 e. The van der Waals surface area contributed by atoms with E-state index in [-0.39, 0.29) is 6.04 Å². The number of benzene rings is 1. The number of rotatable bonds is 6. The number of aromatic nitrogens is 3. The highest BCUT2D eigenvalue weighted by molar-refractivity contribution is 6.25. The van der Waals surface area contributed by atoms with Crippen molar-refractivity contribution in [3.8, 4) is 0 Å². The van der Waals surface area contributed by atoms with Gasteiger partial charge in [0.05, 0.1) is 40.9 Å². The van der Waals surface area contributed by atoms with Crippen LogP contribution in [0.2, 0.25) is 0 Å². The Kier molecular flexibility index (Phi) is 5.20. The van der Waals surface area contributed by atoms with Gasteiger partial charge in [0.25, 0.3) is 0 Å². The Labute approximate surface area is 193 Å². The molecule has 3 aromatic heterocycles. The molecular weight excluding hydrogens is 412 g/mol. The molecule has 1 N–H and O–H groups in total.